The predicted octanol–water partition coefficient (Wildman–Crippen LogP) is 2.64. The number of H-pyrrole nitrogens is 1. The number of imidazole rings is 1. The second-order valence-corrected chi connectivity index (χ2v) is 6.94. The normalized spacial score (nSPS) is 19.3. The third-order valence-corrected chi connectivity index (χ3v) is 5.00. The number of carbonyl (C=O) groups is 1. The third kappa shape index (κ3) is 4.57. The second-order valence-electron chi connectivity index (χ2n) is 6.94. The number of rotatable bonds is 7. The molecular weight excluding hydrogens is 300 g/mol. The number of amides is 1. The molecule has 0 saturated carbocycles. The van der Waals surface area contributed by atoms with Gasteiger partial charge < -0.3 is 15.6 Å². The van der Waals surface area contributed by atoms with Crippen molar-refractivity contribution >= 4 is 16.9 Å². The highest BCUT2D eigenvalue weighted by Gasteiger charge is 2.21. The van der Waals surface area contributed by atoms with Crippen LogP contribution in [-0.4, -0.2) is 35.5 Å². The smallest absolute Gasteiger partial charge is 0.220 e. The van der Waals surface area contributed by atoms with Crippen LogP contribution in [0.1, 0.15) is 38.4 Å². The Balaban J connectivity index is 1.35. The van der Waals surface area contributed by atoms with Crippen molar-refractivity contribution in [2.75, 3.05) is 19.6 Å². The summed E-state index contributed by atoms with van der Waals surface area (Å²) in [5.74, 6) is 2.26. The Hall–Kier alpha value is -1.88. The number of piperidine rings is 1. The second kappa shape index (κ2) is 8.29. The molecule has 3 rings (SSSR count). The lowest BCUT2D eigenvalue weighted by molar-refractivity contribution is -0.122. The van der Waals surface area contributed by atoms with Crippen molar-refractivity contribution in [3.8, 4) is 0 Å². The van der Waals surface area contributed by atoms with Gasteiger partial charge in [-0.1, -0.05) is 19.1 Å². The Labute approximate surface area is 143 Å². The molecule has 24 heavy (non-hydrogen) atoms. The molecule has 1 aromatic heterocycles. The summed E-state index contributed by atoms with van der Waals surface area (Å²) >= 11 is 0. The molecule has 1 saturated heterocycles. The van der Waals surface area contributed by atoms with E-state index in [-0.39, 0.29) is 5.91 Å². The molecule has 2 unspecified atom stereocenters. The van der Waals surface area contributed by atoms with Crippen LogP contribution in [0.4, 0.5) is 0 Å². The van der Waals surface area contributed by atoms with Crippen molar-refractivity contribution in [2.24, 2.45) is 11.8 Å². The Kier molecular flexibility index (Phi) is 5.86. The zero-order chi connectivity index (χ0) is 16.8. The number of para-hydroxylation sites is 2. The number of carbonyl (C=O) groups excluding carboxylic acids is 1. The molecule has 1 amide bonds. The largest absolute Gasteiger partial charge is 0.356 e. The maximum atomic E-state index is 12.1. The van der Waals surface area contributed by atoms with Crippen LogP contribution in [-0.2, 0) is 11.2 Å². The number of hydrogen-bond acceptors (Lipinski definition) is 3. The van der Waals surface area contributed by atoms with Crippen LogP contribution in [0, 0.1) is 11.8 Å². The fourth-order valence-corrected chi connectivity index (χ4v) is 3.50. The standard InChI is InChI=1S/C19H28N4O/c1-14(15-6-4-10-20-13-15)12-19(24)21-11-5-9-18-22-16-7-2-3-8-17(16)23-18/h2-3,7-8,14-15,20H,4-6,9-13H2,1H3,(H,21,24)(H,22,23). The minimum Gasteiger partial charge on any atom is -0.356 e. The molecule has 0 bridgehead atoms. The number of aromatic amines is 1. The first kappa shape index (κ1) is 17.0. The van der Waals surface area contributed by atoms with E-state index < -0.39 is 0 Å². The highest BCUT2D eigenvalue weighted by atomic mass is 16.1. The number of hydrogen-bond donors (Lipinski definition) is 3. The van der Waals surface area contributed by atoms with Gasteiger partial charge in [-0.25, -0.2) is 4.98 Å². The molecule has 1 fully saturated rings. The van der Waals surface area contributed by atoms with Crippen LogP contribution < -0.4 is 10.6 Å². The van der Waals surface area contributed by atoms with Gasteiger partial charge in [0.25, 0.3) is 0 Å². The van der Waals surface area contributed by atoms with Crippen molar-refractivity contribution in [3.63, 3.8) is 0 Å². The van der Waals surface area contributed by atoms with E-state index in [9.17, 15) is 4.79 Å². The lowest BCUT2D eigenvalue weighted by atomic mass is 9.85. The molecule has 2 atom stereocenters. The number of fused-ring (bicyclic) bond motifs is 1. The fourth-order valence-electron chi connectivity index (χ4n) is 3.50. The average molecular weight is 328 g/mol. The number of nitrogens with zero attached hydrogens (tertiary/aromatic N) is 1. The van der Waals surface area contributed by atoms with E-state index in [1.165, 1.54) is 12.8 Å². The van der Waals surface area contributed by atoms with Crippen molar-refractivity contribution in [1.82, 2.24) is 20.6 Å². The van der Waals surface area contributed by atoms with Crippen LogP contribution in [0.15, 0.2) is 24.3 Å². The number of nitrogens with one attached hydrogen (secondary N) is 3. The van der Waals surface area contributed by atoms with Crippen LogP contribution in [0.3, 0.4) is 0 Å². The summed E-state index contributed by atoms with van der Waals surface area (Å²) in [7, 11) is 0. The highest BCUT2D eigenvalue weighted by Crippen LogP contribution is 2.22. The summed E-state index contributed by atoms with van der Waals surface area (Å²) in [5.41, 5.74) is 2.08. The average Bonchev–Trinajstić information content (AvgIpc) is 3.02. The molecule has 1 aliphatic rings. The van der Waals surface area contributed by atoms with Gasteiger partial charge in [-0.3, -0.25) is 4.79 Å². The van der Waals surface area contributed by atoms with E-state index in [2.05, 4.69) is 27.5 Å². The Morgan fingerprint density at radius 3 is 3.08 bits per heavy atom. The SMILES string of the molecule is CC(CC(=O)NCCCc1nc2ccccc2[nH]1)C1CCCNC1. The molecule has 0 spiro atoms. The molecule has 5 heteroatoms. The van der Waals surface area contributed by atoms with E-state index in [4.69, 9.17) is 0 Å². The number of benzene rings is 1. The number of aromatic nitrogens is 2. The van der Waals surface area contributed by atoms with Gasteiger partial charge in [0.15, 0.2) is 0 Å². The van der Waals surface area contributed by atoms with Crippen LogP contribution in [0.2, 0.25) is 0 Å². The minimum absolute atomic E-state index is 0.178. The van der Waals surface area contributed by atoms with Gasteiger partial charge in [0.2, 0.25) is 5.91 Å². The molecule has 1 aromatic carbocycles. The molecule has 0 aliphatic carbocycles. The first-order chi connectivity index (χ1) is 11.7. The quantitative estimate of drug-likeness (QED) is 0.684. The molecule has 2 heterocycles. The molecule has 130 valence electrons. The van der Waals surface area contributed by atoms with Gasteiger partial charge in [-0.05, 0) is 56.3 Å². The first-order valence-electron chi connectivity index (χ1n) is 9.13. The Morgan fingerprint density at radius 2 is 2.29 bits per heavy atom. The summed E-state index contributed by atoms with van der Waals surface area (Å²) in [6.07, 6.45) is 4.88. The Morgan fingerprint density at radius 1 is 1.42 bits per heavy atom. The van der Waals surface area contributed by atoms with Crippen molar-refractivity contribution in [1.29, 1.82) is 0 Å². The Bertz CT molecular complexity index is 627. The molecule has 0 radical (unpaired) electrons. The lowest BCUT2D eigenvalue weighted by Crippen LogP contribution is -2.35. The maximum absolute atomic E-state index is 12.1. The lowest BCUT2D eigenvalue weighted by Gasteiger charge is -2.28. The van der Waals surface area contributed by atoms with Crippen LogP contribution in [0.5, 0.6) is 0 Å². The highest BCUT2D eigenvalue weighted by molar-refractivity contribution is 5.76. The van der Waals surface area contributed by atoms with E-state index in [0.29, 0.717) is 24.8 Å². The van der Waals surface area contributed by atoms with E-state index >= 15 is 0 Å². The van der Waals surface area contributed by atoms with Crippen molar-refractivity contribution < 1.29 is 4.79 Å². The van der Waals surface area contributed by atoms with Crippen LogP contribution >= 0.6 is 0 Å². The van der Waals surface area contributed by atoms with E-state index in [1.54, 1.807) is 0 Å². The fraction of sp³-hybridized carbons (Fsp3) is 0.579. The van der Waals surface area contributed by atoms with Gasteiger partial charge in [-0.2, -0.15) is 0 Å². The van der Waals surface area contributed by atoms with Gasteiger partial charge in [0, 0.05) is 19.4 Å². The van der Waals surface area contributed by atoms with Crippen molar-refractivity contribution in [3.05, 3.63) is 30.1 Å². The van der Waals surface area contributed by atoms with Crippen molar-refractivity contribution in [2.45, 2.75) is 39.0 Å². The molecule has 2 aromatic rings. The first-order valence-corrected chi connectivity index (χ1v) is 9.13. The summed E-state index contributed by atoms with van der Waals surface area (Å²) in [4.78, 5) is 20.0. The molecule has 3 N–H and O–H groups in total. The summed E-state index contributed by atoms with van der Waals surface area (Å²) in [6, 6.07) is 8.05. The number of aryl methyl sites for hydroxylation is 1. The summed E-state index contributed by atoms with van der Waals surface area (Å²) < 4.78 is 0. The van der Waals surface area contributed by atoms with Gasteiger partial charge in [0.05, 0.1) is 11.0 Å². The van der Waals surface area contributed by atoms with Gasteiger partial charge in [-0.15, -0.1) is 0 Å². The zero-order valence-electron chi connectivity index (χ0n) is 14.5. The van der Waals surface area contributed by atoms with Gasteiger partial charge >= 0.3 is 0 Å². The third-order valence-electron chi connectivity index (χ3n) is 5.00. The predicted molar refractivity (Wildman–Crippen MR) is 96.8 cm³/mol. The minimum atomic E-state index is 0.178. The monoisotopic (exact) mass is 328 g/mol. The maximum Gasteiger partial charge on any atom is 0.220 e. The topological polar surface area (TPSA) is 69.8 Å². The molecular formula is C19H28N4O. The summed E-state index contributed by atoms with van der Waals surface area (Å²) in [6.45, 7) is 5.09. The van der Waals surface area contributed by atoms with Gasteiger partial charge in [0.1, 0.15) is 5.82 Å². The molecule has 5 nitrogen and oxygen atoms in total. The van der Waals surface area contributed by atoms with Crippen LogP contribution in [0.25, 0.3) is 11.0 Å². The zero-order valence-corrected chi connectivity index (χ0v) is 14.5. The van der Waals surface area contributed by atoms with E-state index in [0.717, 1.165) is 42.8 Å². The van der Waals surface area contributed by atoms with E-state index in [1.807, 2.05) is 24.3 Å². The molecule has 1 aliphatic heterocycles. The summed E-state index contributed by atoms with van der Waals surface area (Å²) in [5, 5.41) is 6.48.